The number of nitrogens with zero attached hydrogens (tertiary/aromatic N) is 1. The molecule has 14 heavy (non-hydrogen) atoms. The minimum atomic E-state index is 0.285. The molecule has 74 valence electrons. The number of benzene rings is 1. The second kappa shape index (κ2) is 3.55. The Morgan fingerprint density at radius 1 is 1.43 bits per heavy atom. The van der Waals surface area contributed by atoms with Gasteiger partial charge in [0.1, 0.15) is 5.52 Å². The summed E-state index contributed by atoms with van der Waals surface area (Å²) in [6.45, 7) is 4.08. The molecule has 0 unspecified atom stereocenters. The molecular formula is C10H9BrClNO. The van der Waals surface area contributed by atoms with Crippen LogP contribution in [0.3, 0.4) is 0 Å². The third-order valence-electron chi connectivity index (χ3n) is 1.92. The lowest BCUT2D eigenvalue weighted by molar-refractivity contribution is 0.500. The predicted molar refractivity (Wildman–Crippen MR) is 60.8 cm³/mol. The number of hydrogen-bond donors (Lipinski definition) is 0. The van der Waals surface area contributed by atoms with E-state index in [9.17, 15) is 0 Å². The van der Waals surface area contributed by atoms with Gasteiger partial charge in [0.25, 0.3) is 0 Å². The third kappa shape index (κ3) is 1.66. The number of oxazole rings is 1. The molecule has 0 fully saturated rings. The summed E-state index contributed by atoms with van der Waals surface area (Å²) in [5.41, 5.74) is 1.56. The van der Waals surface area contributed by atoms with Crippen molar-refractivity contribution in [1.29, 1.82) is 0 Å². The highest BCUT2D eigenvalue weighted by atomic mass is 79.9. The normalized spacial score (nSPS) is 11.5. The molecule has 0 N–H and O–H groups in total. The van der Waals surface area contributed by atoms with Crippen molar-refractivity contribution in [3.05, 3.63) is 27.5 Å². The van der Waals surface area contributed by atoms with Gasteiger partial charge in [0.2, 0.25) is 0 Å². The maximum absolute atomic E-state index is 5.90. The van der Waals surface area contributed by atoms with Gasteiger partial charge in [-0.2, -0.15) is 0 Å². The smallest absolute Gasteiger partial charge is 0.198 e. The van der Waals surface area contributed by atoms with Gasteiger partial charge in [0.05, 0.1) is 4.47 Å². The Hall–Kier alpha value is -0.540. The third-order valence-corrected chi connectivity index (χ3v) is 2.73. The van der Waals surface area contributed by atoms with Gasteiger partial charge >= 0.3 is 0 Å². The van der Waals surface area contributed by atoms with Gasteiger partial charge < -0.3 is 4.42 Å². The highest BCUT2D eigenvalue weighted by molar-refractivity contribution is 9.10. The molecule has 0 bridgehead atoms. The summed E-state index contributed by atoms with van der Waals surface area (Å²) in [5.74, 6) is 1.02. The topological polar surface area (TPSA) is 26.0 Å². The van der Waals surface area contributed by atoms with E-state index in [1.807, 2.05) is 13.8 Å². The molecule has 0 aliphatic rings. The van der Waals surface area contributed by atoms with Crippen LogP contribution in [0.2, 0.25) is 5.02 Å². The maximum atomic E-state index is 5.90. The molecular weight excluding hydrogens is 265 g/mol. The molecule has 2 rings (SSSR count). The minimum Gasteiger partial charge on any atom is -0.439 e. The Morgan fingerprint density at radius 3 is 2.79 bits per heavy atom. The summed E-state index contributed by atoms with van der Waals surface area (Å²) in [4.78, 5) is 4.35. The van der Waals surface area contributed by atoms with E-state index >= 15 is 0 Å². The van der Waals surface area contributed by atoms with E-state index in [1.165, 1.54) is 0 Å². The average molecular weight is 275 g/mol. The highest BCUT2D eigenvalue weighted by Gasteiger charge is 2.12. The summed E-state index contributed by atoms with van der Waals surface area (Å²) in [6.07, 6.45) is 0. The lowest BCUT2D eigenvalue weighted by Crippen LogP contribution is -1.84. The van der Waals surface area contributed by atoms with E-state index in [0.29, 0.717) is 5.02 Å². The van der Waals surface area contributed by atoms with Crippen LogP contribution in [-0.2, 0) is 0 Å². The Kier molecular flexibility index (Phi) is 2.54. The summed E-state index contributed by atoms with van der Waals surface area (Å²) < 4.78 is 6.45. The van der Waals surface area contributed by atoms with E-state index in [2.05, 4.69) is 20.9 Å². The van der Waals surface area contributed by atoms with Crippen LogP contribution in [0.25, 0.3) is 11.1 Å². The fourth-order valence-electron chi connectivity index (χ4n) is 1.22. The van der Waals surface area contributed by atoms with Crippen LogP contribution in [0.1, 0.15) is 25.7 Å². The van der Waals surface area contributed by atoms with Crippen molar-refractivity contribution in [2.45, 2.75) is 19.8 Å². The first-order valence-electron chi connectivity index (χ1n) is 4.33. The molecule has 1 aromatic carbocycles. The SMILES string of the molecule is CC(C)c1nc2cc(Cl)cc(Br)c2o1. The zero-order valence-corrected chi connectivity index (χ0v) is 10.2. The zero-order valence-electron chi connectivity index (χ0n) is 7.84. The first kappa shape index (κ1) is 9.99. The summed E-state index contributed by atoms with van der Waals surface area (Å²) in [6, 6.07) is 3.61. The Labute approximate surface area is 95.4 Å². The van der Waals surface area contributed by atoms with E-state index in [0.717, 1.165) is 21.5 Å². The van der Waals surface area contributed by atoms with E-state index in [4.69, 9.17) is 16.0 Å². The van der Waals surface area contributed by atoms with Crippen LogP contribution in [0.5, 0.6) is 0 Å². The molecule has 4 heteroatoms. The Bertz CT molecular complexity index is 478. The molecule has 0 amide bonds. The Morgan fingerprint density at radius 2 is 2.14 bits per heavy atom. The predicted octanol–water partition coefficient (Wildman–Crippen LogP) is 4.37. The minimum absolute atomic E-state index is 0.285. The van der Waals surface area contributed by atoms with E-state index in [1.54, 1.807) is 12.1 Å². The quantitative estimate of drug-likeness (QED) is 0.772. The number of aromatic nitrogens is 1. The van der Waals surface area contributed by atoms with Crippen LogP contribution in [0, 0.1) is 0 Å². The van der Waals surface area contributed by atoms with Gasteiger partial charge in [-0.05, 0) is 28.1 Å². The van der Waals surface area contributed by atoms with Crippen molar-refractivity contribution >= 4 is 38.6 Å². The molecule has 0 aliphatic heterocycles. The number of hydrogen-bond acceptors (Lipinski definition) is 2. The van der Waals surface area contributed by atoms with Gasteiger partial charge in [0, 0.05) is 10.9 Å². The monoisotopic (exact) mass is 273 g/mol. The number of fused-ring (bicyclic) bond motifs is 1. The van der Waals surface area contributed by atoms with Crippen molar-refractivity contribution in [2.24, 2.45) is 0 Å². The second-order valence-corrected chi connectivity index (χ2v) is 4.73. The van der Waals surface area contributed by atoms with Crippen molar-refractivity contribution in [3.8, 4) is 0 Å². The van der Waals surface area contributed by atoms with Crippen LogP contribution in [0.15, 0.2) is 21.0 Å². The highest BCUT2D eigenvalue weighted by Crippen LogP contribution is 2.30. The first-order chi connectivity index (χ1) is 6.58. The van der Waals surface area contributed by atoms with Crippen LogP contribution >= 0.6 is 27.5 Å². The Balaban J connectivity index is 2.70. The molecule has 0 atom stereocenters. The van der Waals surface area contributed by atoms with E-state index in [-0.39, 0.29) is 5.92 Å². The molecule has 0 aliphatic carbocycles. The fourth-order valence-corrected chi connectivity index (χ4v) is 2.10. The van der Waals surface area contributed by atoms with Crippen LogP contribution < -0.4 is 0 Å². The van der Waals surface area contributed by atoms with Gasteiger partial charge in [-0.1, -0.05) is 25.4 Å². The van der Waals surface area contributed by atoms with Gasteiger partial charge in [-0.25, -0.2) is 4.98 Å². The average Bonchev–Trinajstić information content (AvgIpc) is 2.47. The van der Waals surface area contributed by atoms with Crippen molar-refractivity contribution in [2.75, 3.05) is 0 Å². The molecule has 2 nitrogen and oxygen atoms in total. The summed E-state index contributed by atoms with van der Waals surface area (Å²) >= 11 is 9.29. The largest absolute Gasteiger partial charge is 0.439 e. The van der Waals surface area contributed by atoms with Crippen molar-refractivity contribution in [1.82, 2.24) is 4.98 Å². The molecule has 0 radical (unpaired) electrons. The molecule has 0 saturated carbocycles. The molecule has 0 saturated heterocycles. The van der Waals surface area contributed by atoms with Crippen molar-refractivity contribution < 1.29 is 4.42 Å². The number of halogens is 2. The maximum Gasteiger partial charge on any atom is 0.198 e. The number of rotatable bonds is 1. The van der Waals surface area contributed by atoms with Crippen molar-refractivity contribution in [3.63, 3.8) is 0 Å². The lowest BCUT2D eigenvalue weighted by Gasteiger charge is -1.94. The molecule has 1 aromatic heterocycles. The van der Waals surface area contributed by atoms with Crippen LogP contribution in [-0.4, -0.2) is 4.98 Å². The first-order valence-corrected chi connectivity index (χ1v) is 5.50. The molecule has 0 spiro atoms. The van der Waals surface area contributed by atoms with Gasteiger partial charge in [0.15, 0.2) is 11.5 Å². The van der Waals surface area contributed by atoms with Gasteiger partial charge in [-0.15, -0.1) is 0 Å². The lowest BCUT2D eigenvalue weighted by atomic mass is 10.2. The van der Waals surface area contributed by atoms with E-state index < -0.39 is 0 Å². The standard InChI is InChI=1S/C10H9BrClNO/c1-5(2)10-13-8-4-6(12)3-7(11)9(8)14-10/h3-5H,1-2H3. The molecule has 1 heterocycles. The molecule has 2 aromatic rings. The second-order valence-electron chi connectivity index (χ2n) is 3.44. The zero-order chi connectivity index (χ0) is 10.3. The summed E-state index contributed by atoms with van der Waals surface area (Å²) in [5, 5.41) is 0.660. The van der Waals surface area contributed by atoms with Gasteiger partial charge in [-0.3, -0.25) is 0 Å². The van der Waals surface area contributed by atoms with Crippen LogP contribution in [0.4, 0.5) is 0 Å². The fraction of sp³-hybridized carbons (Fsp3) is 0.300. The summed E-state index contributed by atoms with van der Waals surface area (Å²) in [7, 11) is 0.